The number of amides is 2. The molecule has 0 atom stereocenters. The molecule has 3 N–H and O–H groups in total. The minimum Gasteiger partial charge on any atom is -0.504 e. The summed E-state index contributed by atoms with van der Waals surface area (Å²) in [7, 11) is 1.42. The van der Waals surface area contributed by atoms with E-state index in [1.54, 1.807) is 42.5 Å². The molecule has 0 saturated carbocycles. The number of hydrogen-bond donors (Lipinski definition) is 3. The third kappa shape index (κ3) is 4.73. The van der Waals surface area contributed by atoms with Crippen LogP contribution in [-0.2, 0) is 9.59 Å². The molecule has 0 aromatic heterocycles. The smallest absolute Gasteiger partial charge is 0.329 e. The molecule has 0 bridgehead atoms. The Hall–Kier alpha value is -3.55. The van der Waals surface area contributed by atoms with Crippen LogP contribution >= 0.6 is 0 Å². The van der Waals surface area contributed by atoms with Crippen LogP contribution in [-0.4, -0.2) is 36.9 Å². The number of ether oxygens (including phenoxy) is 2. The number of hydrogen-bond acceptors (Lipinski definition) is 6. The first-order valence-corrected chi connectivity index (χ1v) is 7.79. The summed E-state index contributed by atoms with van der Waals surface area (Å²) in [6.45, 7) is 2.24. The van der Waals surface area contributed by atoms with Crippen molar-refractivity contribution in [3.63, 3.8) is 0 Å². The van der Waals surface area contributed by atoms with Crippen LogP contribution in [0.15, 0.2) is 47.6 Å². The van der Waals surface area contributed by atoms with E-state index < -0.39 is 11.8 Å². The third-order valence-electron chi connectivity index (χ3n) is 3.26. The van der Waals surface area contributed by atoms with Crippen molar-refractivity contribution in [2.45, 2.75) is 6.92 Å². The van der Waals surface area contributed by atoms with Gasteiger partial charge < -0.3 is 19.9 Å². The Bertz CT molecular complexity index is 820. The Labute approximate surface area is 150 Å². The Morgan fingerprint density at radius 1 is 1.12 bits per heavy atom. The first-order valence-electron chi connectivity index (χ1n) is 7.79. The molecule has 0 spiro atoms. The molecule has 0 aliphatic heterocycles. The van der Waals surface area contributed by atoms with Gasteiger partial charge >= 0.3 is 11.8 Å². The Morgan fingerprint density at radius 2 is 1.85 bits per heavy atom. The first-order chi connectivity index (χ1) is 12.6. The molecular weight excluding hydrogens is 338 g/mol. The van der Waals surface area contributed by atoms with Crippen LogP contribution in [0, 0.1) is 0 Å². The SMILES string of the molecule is CCOc1ccccc1NC(=O)C(=O)NN=Cc1cccc(OC)c1O. The zero-order valence-corrected chi connectivity index (χ0v) is 14.4. The van der Waals surface area contributed by atoms with Crippen molar-refractivity contribution in [1.29, 1.82) is 0 Å². The summed E-state index contributed by atoms with van der Waals surface area (Å²) < 4.78 is 10.3. The van der Waals surface area contributed by atoms with Crippen LogP contribution in [0.25, 0.3) is 0 Å². The molecular formula is C18H19N3O5. The van der Waals surface area contributed by atoms with Crippen molar-refractivity contribution in [3.05, 3.63) is 48.0 Å². The van der Waals surface area contributed by atoms with Gasteiger partial charge in [-0.05, 0) is 31.2 Å². The molecule has 0 aliphatic carbocycles. The number of aromatic hydroxyl groups is 1. The molecule has 8 heteroatoms. The number of nitrogens with one attached hydrogen (secondary N) is 2. The monoisotopic (exact) mass is 357 g/mol. The van der Waals surface area contributed by atoms with E-state index in [0.29, 0.717) is 23.6 Å². The van der Waals surface area contributed by atoms with Crippen molar-refractivity contribution in [1.82, 2.24) is 5.43 Å². The largest absolute Gasteiger partial charge is 0.504 e. The Kier molecular flexibility index (Phi) is 6.55. The first kappa shape index (κ1) is 18.8. The summed E-state index contributed by atoms with van der Waals surface area (Å²) in [5, 5.41) is 16.0. The van der Waals surface area contributed by atoms with E-state index in [4.69, 9.17) is 9.47 Å². The van der Waals surface area contributed by atoms with Gasteiger partial charge in [0, 0.05) is 5.56 Å². The maximum atomic E-state index is 12.0. The van der Waals surface area contributed by atoms with E-state index >= 15 is 0 Å². The van der Waals surface area contributed by atoms with Crippen molar-refractivity contribution in [3.8, 4) is 17.2 Å². The lowest BCUT2D eigenvalue weighted by atomic mass is 10.2. The number of benzene rings is 2. The molecule has 2 aromatic rings. The summed E-state index contributed by atoms with van der Waals surface area (Å²) in [6, 6.07) is 11.6. The van der Waals surface area contributed by atoms with Crippen molar-refractivity contribution in [2.75, 3.05) is 19.0 Å². The predicted octanol–water partition coefficient (Wildman–Crippen LogP) is 1.89. The molecule has 0 heterocycles. The van der Waals surface area contributed by atoms with Gasteiger partial charge in [0.05, 0.1) is 25.6 Å². The Balaban J connectivity index is 1.99. The number of para-hydroxylation sites is 3. The summed E-state index contributed by atoms with van der Waals surface area (Å²) >= 11 is 0. The van der Waals surface area contributed by atoms with Crippen molar-refractivity contribution < 1.29 is 24.2 Å². The van der Waals surface area contributed by atoms with E-state index in [-0.39, 0.29) is 11.5 Å². The number of phenols is 1. The highest BCUT2D eigenvalue weighted by Gasteiger charge is 2.15. The third-order valence-corrected chi connectivity index (χ3v) is 3.26. The fourth-order valence-electron chi connectivity index (χ4n) is 2.05. The van der Waals surface area contributed by atoms with Gasteiger partial charge in [-0.15, -0.1) is 0 Å². The molecule has 8 nitrogen and oxygen atoms in total. The fraction of sp³-hybridized carbons (Fsp3) is 0.167. The molecule has 0 fully saturated rings. The van der Waals surface area contributed by atoms with E-state index in [2.05, 4.69) is 15.8 Å². The van der Waals surface area contributed by atoms with Crippen LogP contribution in [0.4, 0.5) is 5.69 Å². The molecule has 2 amide bonds. The highest BCUT2D eigenvalue weighted by atomic mass is 16.5. The van der Waals surface area contributed by atoms with E-state index in [1.807, 2.05) is 6.92 Å². The number of methoxy groups -OCH3 is 1. The topological polar surface area (TPSA) is 109 Å². The average Bonchev–Trinajstić information content (AvgIpc) is 2.64. The lowest BCUT2D eigenvalue weighted by molar-refractivity contribution is -0.136. The van der Waals surface area contributed by atoms with Gasteiger partial charge in [0.15, 0.2) is 11.5 Å². The molecule has 136 valence electrons. The van der Waals surface area contributed by atoms with Crippen molar-refractivity contribution in [2.24, 2.45) is 5.10 Å². The van der Waals surface area contributed by atoms with Gasteiger partial charge in [0.2, 0.25) is 0 Å². The van der Waals surface area contributed by atoms with Gasteiger partial charge in [-0.2, -0.15) is 5.10 Å². The lowest BCUT2D eigenvalue weighted by Gasteiger charge is -2.10. The van der Waals surface area contributed by atoms with Crippen LogP contribution in [0.1, 0.15) is 12.5 Å². The van der Waals surface area contributed by atoms with Gasteiger partial charge in [0.1, 0.15) is 5.75 Å². The standard InChI is InChI=1S/C18H19N3O5/c1-3-26-14-9-5-4-8-13(14)20-17(23)18(24)21-19-11-12-7-6-10-15(25-2)16(12)22/h4-11,22H,3H2,1-2H3,(H,20,23)(H,21,24). The molecule has 0 saturated heterocycles. The van der Waals surface area contributed by atoms with Gasteiger partial charge in [-0.25, -0.2) is 5.43 Å². The second-order valence-corrected chi connectivity index (χ2v) is 4.98. The number of hydrazone groups is 1. The number of carbonyl (C=O) groups is 2. The molecule has 0 aliphatic rings. The van der Waals surface area contributed by atoms with E-state index in [1.165, 1.54) is 13.3 Å². The zero-order chi connectivity index (χ0) is 18.9. The second-order valence-electron chi connectivity index (χ2n) is 4.98. The van der Waals surface area contributed by atoms with Crippen LogP contribution in [0.3, 0.4) is 0 Å². The molecule has 2 aromatic carbocycles. The maximum Gasteiger partial charge on any atom is 0.329 e. The number of anilines is 1. The highest BCUT2D eigenvalue weighted by Crippen LogP contribution is 2.28. The van der Waals surface area contributed by atoms with E-state index in [9.17, 15) is 14.7 Å². The fourth-order valence-corrected chi connectivity index (χ4v) is 2.05. The summed E-state index contributed by atoms with van der Waals surface area (Å²) in [4.78, 5) is 23.8. The normalized spacial score (nSPS) is 10.4. The number of phenolic OH excluding ortho intramolecular Hbond substituents is 1. The summed E-state index contributed by atoms with van der Waals surface area (Å²) in [5.74, 6) is -1.26. The minimum absolute atomic E-state index is 0.122. The van der Waals surface area contributed by atoms with Crippen LogP contribution in [0.5, 0.6) is 17.2 Å². The van der Waals surface area contributed by atoms with Crippen LogP contribution < -0.4 is 20.2 Å². The average molecular weight is 357 g/mol. The summed E-state index contributed by atoms with van der Waals surface area (Å²) in [6.07, 6.45) is 1.21. The minimum atomic E-state index is -0.963. The number of carbonyl (C=O) groups excluding carboxylic acids is 2. The summed E-state index contributed by atoms with van der Waals surface area (Å²) in [5.41, 5.74) is 2.80. The van der Waals surface area contributed by atoms with E-state index in [0.717, 1.165) is 0 Å². The maximum absolute atomic E-state index is 12.0. The molecule has 26 heavy (non-hydrogen) atoms. The quantitative estimate of drug-likeness (QED) is 0.415. The van der Waals surface area contributed by atoms with Crippen LogP contribution in [0.2, 0.25) is 0 Å². The highest BCUT2D eigenvalue weighted by molar-refractivity contribution is 6.39. The van der Waals surface area contributed by atoms with Gasteiger partial charge in [0.25, 0.3) is 0 Å². The number of nitrogens with zero attached hydrogens (tertiary/aromatic N) is 1. The molecule has 0 unspecified atom stereocenters. The predicted molar refractivity (Wildman–Crippen MR) is 96.6 cm³/mol. The van der Waals surface area contributed by atoms with Crippen molar-refractivity contribution >= 4 is 23.7 Å². The Morgan fingerprint density at radius 3 is 2.58 bits per heavy atom. The van der Waals surface area contributed by atoms with Gasteiger partial charge in [-0.3, -0.25) is 9.59 Å². The zero-order valence-electron chi connectivity index (χ0n) is 14.4. The molecule has 2 rings (SSSR count). The lowest BCUT2D eigenvalue weighted by Crippen LogP contribution is -2.32. The number of rotatable bonds is 6. The molecule has 0 radical (unpaired) electrons. The second kappa shape index (κ2) is 9.07. The van der Waals surface area contributed by atoms with Gasteiger partial charge in [-0.1, -0.05) is 18.2 Å².